The van der Waals surface area contributed by atoms with Crippen molar-refractivity contribution in [2.24, 2.45) is 5.41 Å². The van der Waals surface area contributed by atoms with Crippen LogP contribution in [0.3, 0.4) is 0 Å². The van der Waals surface area contributed by atoms with Gasteiger partial charge in [-0.2, -0.15) is 0 Å². The molecule has 11 heteroatoms. The lowest BCUT2D eigenvalue weighted by atomic mass is 9.73. The van der Waals surface area contributed by atoms with E-state index in [1.54, 1.807) is 31.2 Å². The highest BCUT2D eigenvalue weighted by atomic mass is 35.5. The Labute approximate surface area is 205 Å². The van der Waals surface area contributed by atoms with Gasteiger partial charge in [0, 0.05) is 24.4 Å². The van der Waals surface area contributed by atoms with Gasteiger partial charge >= 0.3 is 12.1 Å². The number of aliphatic hydroxyl groups is 1. The summed E-state index contributed by atoms with van der Waals surface area (Å²) < 4.78 is 40.0. The van der Waals surface area contributed by atoms with E-state index in [1.165, 1.54) is 18.9 Å². The van der Waals surface area contributed by atoms with E-state index in [4.69, 9.17) is 25.8 Å². The average molecular weight is 518 g/mol. The SMILES string of the molecule is CC(OC(=O)CS(=O)(=O)CC1(C)COC1)OC(=O)N(C)[C@]1(c2ccccc2Cl)CCCCC1O. The normalized spacial score (nSPS) is 25.0. The highest BCUT2D eigenvalue weighted by Crippen LogP contribution is 2.44. The number of sulfone groups is 1. The smallest absolute Gasteiger partial charge is 0.413 e. The number of hydrogen-bond acceptors (Lipinski definition) is 8. The lowest BCUT2D eigenvalue weighted by molar-refractivity contribution is -0.164. The third-order valence-electron chi connectivity index (χ3n) is 6.42. The maximum atomic E-state index is 13.0. The second-order valence-corrected chi connectivity index (χ2v) is 12.0. The molecule has 0 aromatic heterocycles. The molecule has 9 nitrogen and oxygen atoms in total. The van der Waals surface area contributed by atoms with Crippen LogP contribution in [-0.2, 0) is 34.4 Å². The molecular weight excluding hydrogens is 486 g/mol. The predicted octanol–water partition coefficient (Wildman–Crippen LogP) is 2.88. The molecule has 2 unspecified atom stereocenters. The third-order valence-corrected chi connectivity index (χ3v) is 8.56. The van der Waals surface area contributed by atoms with Crippen molar-refractivity contribution in [3.63, 3.8) is 0 Å². The first-order valence-corrected chi connectivity index (χ1v) is 13.4. The van der Waals surface area contributed by atoms with Crippen molar-refractivity contribution >= 4 is 33.5 Å². The summed E-state index contributed by atoms with van der Waals surface area (Å²) in [5.74, 6) is -2.02. The van der Waals surface area contributed by atoms with Gasteiger partial charge in [-0.3, -0.25) is 9.69 Å². The molecule has 1 aliphatic heterocycles. The van der Waals surface area contributed by atoms with E-state index in [0.29, 0.717) is 36.6 Å². The van der Waals surface area contributed by atoms with Crippen molar-refractivity contribution < 1.29 is 37.3 Å². The van der Waals surface area contributed by atoms with Crippen LogP contribution >= 0.6 is 11.6 Å². The first kappa shape index (κ1) is 26.7. The summed E-state index contributed by atoms with van der Waals surface area (Å²) in [5, 5.41) is 11.4. The fourth-order valence-corrected chi connectivity index (χ4v) is 6.82. The molecule has 3 rings (SSSR count). The highest BCUT2D eigenvalue weighted by Gasteiger charge is 2.49. The van der Waals surface area contributed by atoms with Crippen LogP contribution in [-0.4, -0.2) is 74.6 Å². The van der Waals surface area contributed by atoms with E-state index in [-0.39, 0.29) is 5.75 Å². The van der Waals surface area contributed by atoms with E-state index in [9.17, 15) is 23.1 Å². The minimum Gasteiger partial charge on any atom is -0.425 e. The summed E-state index contributed by atoms with van der Waals surface area (Å²) in [4.78, 5) is 26.5. The molecule has 1 aromatic carbocycles. The van der Waals surface area contributed by atoms with Gasteiger partial charge in [-0.1, -0.05) is 49.6 Å². The molecule has 1 heterocycles. The highest BCUT2D eigenvalue weighted by molar-refractivity contribution is 7.92. The van der Waals surface area contributed by atoms with Crippen molar-refractivity contribution in [2.75, 3.05) is 31.8 Å². The number of halogens is 1. The fourth-order valence-electron chi connectivity index (χ4n) is 4.76. The molecule has 190 valence electrons. The predicted molar refractivity (Wildman–Crippen MR) is 125 cm³/mol. The number of hydrogen-bond donors (Lipinski definition) is 1. The van der Waals surface area contributed by atoms with Gasteiger partial charge in [0.2, 0.25) is 6.29 Å². The van der Waals surface area contributed by atoms with E-state index in [2.05, 4.69) is 0 Å². The molecule has 1 aliphatic carbocycles. The van der Waals surface area contributed by atoms with Crippen LogP contribution < -0.4 is 0 Å². The topological polar surface area (TPSA) is 119 Å². The molecule has 34 heavy (non-hydrogen) atoms. The second kappa shape index (κ2) is 10.4. The second-order valence-electron chi connectivity index (χ2n) is 9.50. The van der Waals surface area contributed by atoms with Crippen LogP contribution in [0.2, 0.25) is 5.02 Å². The van der Waals surface area contributed by atoms with E-state index >= 15 is 0 Å². The summed E-state index contributed by atoms with van der Waals surface area (Å²) in [6.07, 6.45) is -0.505. The lowest BCUT2D eigenvalue weighted by Gasteiger charge is -2.48. The summed E-state index contributed by atoms with van der Waals surface area (Å²) in [7, 11) is -2.22. The molecule has 1 saturated carbocycles. The molecular formula is C23H32ClNO8S. The number of nitrogens with zero attached hydrogens (tertiary/aromatic N) is 1. The molecule has 1 saturated heterocycles. The zero-order valence-corrected chi connectivity index (χ0v) is 21.2. The number of esters is 1. The number of ether oxygens (including phenoxy) is 3. The van der Waals surface area contributed by atoms with Crippen LogP contribution in [0.5, 0.6) is 0 Å². The van der Waals surface area contributed by atoms with Crippen molar-refractivity contribution in [1.29, 1.82) is 0 Å². The van der Waals surface area contributed by atoms with E-state index < -0.39 is 51.0 Å². The Kier molecular flexibility index (Phi) is 8.17. The molecule has 2 aliphatic rings. The summed E-state index contributed by atoms with van der Waals surface area (Å²) in [6.45, 7) is 3.74. The zero-order valence-electron chi connectivity index (χ0n) is 19.7. The molecule has 0 spiro atoms. The number of aliphatic hydroxyl groups excluding tert-OH is 1. The molecule has 1 aromatic rings. The number of carbonyl (C=O) groups excluding carboxylic acids is 2. The van der Waals surface area contributed by atoms with Crippen LogP contribution in [0.15, 0.2) is 24.3 Å². The minimum absolute atomic E-state index is 0.190. The van der Waals surface area contributed by atoms with Gasteiger partial charge in [0.05, 0.1) is 30.6 Å². The number of carbonyl (C=O) groups is 2. The van der Waals surface area contributed by atoms with Gasteiger partial charge in [0.15, 0.2) is 9.84 Å². The minimum atomic E-state index is -3.72. The molecule has 1 N–H and O–H groups in total. The van der Waals surface area contributed by atoms with Gasteiger partial charge in [-0.05, 0) is 24.5 Å². The number of amides is 1. The fraction of sp³-hybridized carbons (Fsp3) is 0.652. The monoisotopic (exact) mass is 517 g/mol. The summed E-state index contributed by atoms with van der Waals surface area (Å²) >= 11 is 6.43. The first-order valence-electron chi connectivity index (χ1n) is 11.2. The van der Waals surface area contributed by atoms with Crippen LogP contribution in [0.25, 0.3) is 0 Å². The van der Waals surface area contributed by atoms with Gasteiger partial charge in [0.25, 0.3) is 0 Å². The molecule has 0 radical (unpaired) electrons. The van der Waals surface area contributed by atoms with Crippen molar-refractivity contribution in [1.82, 2.24) is 4.90 Å². The molecule has 1 amide bonds. The van der Waals surface area contributed by atoms with E-state index in [1.807, 2.05) is 0 Å². The Balaban J connectivity index is 1.66. The van der Waals surface area contributed by atoms with Gasteiger partial charge in [-0.15, -0.1) is 0 Å². The van der Waals surface area contributed by atoms with Crippen molar-refractivity contribution in [3.8, 4) is 0 Å². The average Bonchev–Trinajstić information content (AvgIpc) is 2.72. The number of rotatable bonds is 8. The number of benzene rings is 1. The van der Waals surface area contributed by atoms with Crippen molar-refractivity contribution in [2.45, 2.75) is 57.5 Å². The van der Waals surface area contributed by atoms with E-state index in [0.717, 1.165) is 12.8 Å². The third kappa shape index (κ3) is 5.84. The van der Waals surface area contributed by atoms with Gasteiger partial charge < -0.3 is 19.3 Å². The van der Waals surface area contributed by atoms with Gasteiger partial charge in [0.1, 0.15) is 5.75 Å². The largest absolute Gasteiger partial charge is 0.425 e. The first-order chi connectivity index (χ1) is 15.9. The van der Waals surface area contributed by atoms with Crippen LogP contribution in [0.1, 0.15) is 45.1 Å². The molecule has 0 bridgehead atoms. The summed E-state index contributed by atoms with van der Waals surface area (Å²) in [6, 6.07) is 7.01. The molecule has 2 fully saturated rings. The van der Waals surface area contributed by atoms with Crippen molar-refractivity contribution in [3.05, 3.63) is 34.9 Å². The Morgan fingerprint density at radius 3 is 2.53 bits per heavy atom. The lowest BCUT2D eigenvalue weighted by Crippen LogP contribution is -2.56. The zero-order chi connectivity index (χ0) is 25.1. The Bertz CT molecular complexity index is 1010. The Morgan fingerprint density at radius 1 is 1.26 bits per heavy atom. The number of likely N-dealkylation sites (N-methyl/N-ethyl adjacent to an activating group) is 1. The maximum absolute atomic E-state index is 13.0. The summed E-state index contributed by atoms with van der Waals surface area (Å²) in [5.41, 5.74) is -1.01. The Morgan fingerprint density at radius 2 is 1.94 bits per heavy atom. The Hall–Kier alpha value is -1.88. The standard InChI is InChI=1S/C23H32ClNO8S/c1-16(32-20(27)12-34(29,30)15-22(2)13-31-14-22)33-21(28)25(3)23(11-7-6-10-19(23)26)17-8-4-5-9-18(17)24/h4-5,8-9,16,19,26H,6-7,10-15H2,1-3H3/t16?,19?,23-/m0/s1. The maximum Gasteiger partial charge on any atom is 0.413 e. The van der Waals surface area contributed by atoms with Gasteiger partial charge in [-0.25, -0.2) is 13.2 Å². The quantitative estimate of drug-likeness (QED) is 0.413. The molecule has 3 atom stereocenters. The van der Waals surface area contributed by atoms with Crippen LogP contribution in [0.4, 0.5) is 4.79 Å². The van der Waals surface area contributed by atoms with Crippen LogP contribution in [0, 0.1) is 5.41 Å².